The summed E-state index contributed by atoms with van der Waals surface area (Å²) in [6, 6.07) is 0. The van der Waals surface area contributed by atoms with Crippen molar-refractivity contribution in [2.24, 2.45) is 0 Å². The summed E-state index contributed by atoms with van der Waals surface area (Å²) < 4.78 is 16.7. The van der Waals surface area contributed by atoms with Crippen LogP contribution in [0.2, 0.25) is 0 Å². The number of unbranched alkanes of at least 4 members (excludes halogenated alkanes) is 19. The minimum absolute atomic E-state index is 0.0972. The molecule has 0 fully saturated rings. The molecule has 0 aliphatic rings. The van der Waals surface area contributed by atoms with Gasteiger partial charge in [0.05, 0.1) is 0 Å². The zero-order chi connectivity index (χ0) is 50.7. The van der Waals surface area contributed by atoms with E-state index in [0.29, 0.717) is 19.3 Å². The van der Waals surface area contributed by atoms with Crippen LogP contribution in [0.4, 0.5) is 0 Å². The number of carbonyl (C=O) groups is 3. The maximum atomic E-state index is 12.8. The molecule has 396 valence electrons. The molecule has 0 bridgehead atoms. The van der Waals surface area contributed by atoms with Crippen LogP contribution in [0.1, 0.15) is 245 Å². The minimum atomic E-state index is -0.800. The second kappa shape index (κ2) is 57.4. The van der Waals surface area contributed by atoms with Gasteiger partial charge in [-0.15, -0.1) is 0 Å². The summed E-state index contributed by atoms with van der Waals surface area (Å²) in [5, 5.41) is 0. The smallest absolute Gasteiger partial charge is 0.306 e. The Hall–Kier alpha value is -4.19. The van der Waals surface area contributed by atoms with E-state index in [9.17, 15) is 14.4 Å². The van der Waals surface area contributed by atoms with Gasteiger partial charge in [0.25, 0.3) is 0 Å². The molecule has 0 aromatic rings. The number of hydrogen-bond acceptors (Lipinski definition) is 6. The molecule has 0 radical (unpaired) electrons. The SMILES string of the molecule is CC/C=C\C/C=C\C/C=C\C/C=C\C/C=C\C/C=C\C/C=C\CCCCCC(=O)OCC(COC(=O)CCCCCCCC)OC(=O)CCCCCCCC/C=C\C/C=C\C/C=C\CCCCCCC. The lowest BCUT2D eigenvalue weighted by atomic mass is 10.1. The second-order valence-corrected chi connectivity index (χ2v) is 18.5. The Kier molecular flexibility index (Phi) is 54.0. The number of ether oxygens (including phenoxy) is 3. The maximum Gasteiger partial charge on any atom is 0.306 e. The summed E-state index contributed by atoms with van der Waals surface area (Å²) in [6.45, 7) is 6.40. The monoisotopic (exact) mass is 969 g/mol. The Morgan fingerprint density at radius 1 is 0.300 bits per heavy atom. The lowest BCUT2D eigenvalue weighted by Crippen LogP contribution is -2.30. The first kappa shape index (κ1) is 65.8. The van der Waals surface area contributed by atoms with Crippen LogP contribution in [0, 0.1) is 0 Å². The lowest BCUT2D eigenvalue weighted by Gasteiger charge is -2.18. The highest BCUT2D eigenvalue weighted by Crippen LogP contribution is 2.13. The minimum Gasteiger partial charge on any atom is -0.462 e. The number of carbonyl (C=O) groups excluding carboxylic acids is 3. The molecule has 0 saturated carbocycles. The first-order valence-corrected chi connectivity index (χ1v) is 28.5. The predicted octanol–water partition coefficient (Wildman–Crippen LogP) is 19.3. The van der Waals surface area contributed by atoms with E-state index in [1.54, 1.807) is 0 Å². The number of esters is 3. The Balaban J connectivity index is 4.29. The molecule has 6 nitrogen and oxygen atoms in total. The van der Waals surface area contributed by atoms with Crippen LogP contribution in [0.15, 0.2) is 122 Å². The van der Waals surface area contributed by atoms with Gasteiger partial charge >= 0.3 is 17.9 Å². The average Bonchev–Trinajstić information content (AvgIpc) is 3.36. The van der Waals surface area contributed by atoms with Crippen LogP contribution in [-0.4, -0.2) is 37.2 Å². The van der Waals surface area contributed by atoms with E-state index < -0.39 is 6.10 Å². The summed E-state index contributed by atoms with van der Waals surface area (Å²) in [5.74, 6) is -0.958. The summed E-state index contributed by atoms with van der Waals surface area (Å²) in [4.78, 5) is 37.9. The Morgan fingerprint density at radius 3 is 0.886 bits per heavy atom. The fourth-order valence-corrected chi connectivity index (χ4v) is 7.43. The summed E-state index contributed by atoms with van der Waals surface area (Å²) in [5.41, 5.74) is 0. The van der Waals surface area contributed by atoms with Gasteiger partial charge in [-0.1, -0.05) is 232 Å². The van der Waals surface area contributed by atoms with Gasteiger partial charge in [0, 0.05) is 19.3 Å². The second-order valence-electron chi connectivity index (χ2n) is 18.5. The van der Waals surface area contributed by atoms with Gasteiger partial charge < -0.3 is 14.2 Å². The number of rotatable bonds is 50. The molecule has 0 N–H and O–H groups in total. The van der Waals surface area contributed by atoms with Crippen molar-refractivity contribution in [2.75, 3.05) is 13.2 Å². The topological polar surface area (TPSA) is 78.9 Å². The first-order chi connectivity index (χ1) is 34.5. The predicted molar refractivity (Wildman–Crippen MR) is 302 cm³/mol. The molecule has 1 atom stereocenters. The fraction of sp³-hybridized carbons (Fsp3) is 0.641. The van der Waals surface area contributed by atoms with Gasteiger partial charge in [-0.3, -0.25) is 14.4 Å². The highest BCUT2D eigenvalue weighted by atomic mass is 16.6. The van der Waals surface area contributed by atoms with Crippen molar-refractivity contribution in [3.05, 3.63) is 122 Å². The largest absolute Gasteiger partial charge is 0.462 e. The number of allylic oxidation sites excluding steroid dienone is 20. The molecule has 0 amide bonds. The van der Waals surface area contributed by atoms with Crippen LogP contribution in [0.5, 0.6) is 0 Å². The molecule has 0 saturated heterocycles. The normalized spacial score (nSPS) is 13.0. The summed E-state index contributed by atoms with van der Waals surface area (Å²) in [7, 11) is 0. The van der Waals surface area contributed by atoms with Crippen LogP contribution in [0.25, 0.3) is 0 Å². The van der Waals surface area contributed by atoms with Crippen molar-refractivity contribution in [2.45, 2.75) is 252 Å². The van der Waals surface area contributed by atoms with E-state index in [1.807, 2.05) is 0 Å². The first-order valence-electron chi connectivity index (χ1n) is 28.5. The molecule has 0 heterocycles. The Morgan fingerprint density at radius 2 is 0.557 bits per heavy atom. The van der Waals surface area contributed by atoms with Gasteiger partial charge in [-0.25, -0.2) is 0 Å². The van der Waals surface area contributed by atoms with Crippen molar-refractivity contribution in [1.82, 2.24) is 0 Å². The van der Waals surface area contributed by atoms with E-state index in [0.717, 1.165) is 135 Å². The van der Waals surface area contributed by atoms with Crippen LogP contribution < -0.4 is 0 Å². The summed E-state index contributed by atoms with van der Waals surface area (Å²) in [6.07, 6.45) is 79.3. The molecule has 6 heteroatoms. The average molecular weight is 970 g/mol. The molecule has 0 aromatic heterocycles. The third-order valence-electron chi connectivity index (χ3n) is 11.7. The van der Waals surface area contributed by atoms with Crippen LogP contribution in [-0.2, 0) is 28.6 Å². The molecule has 1 unspecified atom stereocenters. The van der Waals surface area contributed by atoms with Gasteiger partial charge in [0.15, 0.2) is 6.10 Å². The van der Waals surface area contributed by atoms with Gasteiger partial charge in [0.2, 0.25) is 0 Å². The van der Waals surface area contributed by atoms with Gasteiger partial charge in [-0.2, -0.15) is 0 Å². The quantitative estimate of drug-likeness (QED) is 0.0262. The molecule has 0 aromatic carbocycles. The zero-order valence-corrected chi connectivity index (χ0v) is 45.2. The van der Waals surface area contributed by atoms with Crippen LogP contribution >= 0.6 is 0 Å². The van der Waals surface area contributed by atoms with Crippen molar-refractivity contribution < 1.29 is 28.6 Å². The third-order valence-corrected chi connectivity index (χ3v) is 11.7. The van der Waals surface area contributed by atoms with E-state index in [-0.39, 0.29) is 31.1 Å². The summed E-state index contributed by atoms with van der Waals surface area (Å²) >= 11 is 0. The molecular formula is C64H104O6. The van der Waals surface area contributed by atoms with Crippen LogP contribution in [0.3, 0.4) is 0 Å². The third kappa shape index (κ3) is 54.7. The van der Waals surface area contributed by atoms with Gasteiger partial charge in [0.1, 0.15) is 13.2 Å². The molecular weight excluding hydrogens is 865 g/mol. The van der Waals surface area contributed by atoms with E-state index in [1.165, 1.54) is 70.6 Å². The highest BCUT2D eigenvalue weighted by molar-refractivity contribution is 5.71. The standard InChI is InChI=1S/C64H104O6/c1-4-7-10-13-16-18-20-22-24-26-28-30-31-32-33-35-36-38-40-42-44-46-48-51-54-57-63(66)69-60-61(59-68-62(65)56-53-50-15-12-9-6-3)70-64(67)58-55-52-49-47-45-43-41-39-37-34-29-27-25-23-21-19-17-14-11-8-5-2/h7,10,16,18,21-24,27-30,32-33,36-39,42,44,61H,4-6,8-9,11-15,17,19-20,25-26,31,34-35,40-41,43,45-60H2,1-3H3/b10-7-,18-16-,23-21-,24-22-,29-27-,30-28-,33-32-,38-36-,39-37-,44-42-. The Bertz CT molecular complexity index is 1490. The molecule has 0 rings (SSSR count). The van der Waals surface area contributed by atoms with E-state index in [2.05, 4.69) is 142 Å². The van der Waals surface area contributed by atoms with E-state index >= 15 is 0 Å². The molecule has 0 aliphatic carbocycles. The molecule has 0 spiro atoms. The van der Waals surface area contributed by atoms with Crippen molar-refractivity contribution in [3.63, 3.8) is 0 Å². The lowest BCUT2D eigenvalue weighted by molar-refractivity contribution is -0.167. The van der Waals surface area contributed by atoms with Gasteiger partial charge in [-0.05, 0) is 116 Å². The zero-order valence-electron chi connectivity index (χ0n) is 45.2. The Labute approximate surface area is 431 Å². The van der Waals surface area contributed by atoms with Crippen molar-refractivity contribution in [3.8, 4) is 0 Å². The molecule has 0 aliphatic heterocycles. The maximum absolute atomic E-state index is 12.8. The van der Waals surface area contributed by atoms with Crippen molar-refractivity contribution in [1.29, 1.82) is 0 Å². The number of hydrogen-bond donors (Lipinski definition) is 0. The van der Waals surface area contributed by atoms with Crippen molar-refractivity contribution >= 4 is 17.9 Å². The fourth-order valence-electron chi connectivity index (χ4n) is 7.43. The molecule has 70 heavy (non-hydrogen) atoms. The van der Waals surface area contributed by atoms with E-state index in [4.69, 9.17) is 14.2 Å². The highest BCUT2D eigenvalue weighted by Gasteiger charge is 2.19.